The Bertz CT molecular complexity index is 663. The van der Waals surface area contributed by atoms with E-state index in [1.807, 2.05) is 0 Å². The fourth-order valence-electron chi connectivity index (χ4n) is 3.92. The molecule has 0 aliphatic carbocycles. The van der Waals surface area contributed by atoms with Crippen LogP contribution >= 0.6 is 11.3 Å². The summed E-state index contributed by atoms with van der Waals surface area (Å²) in [5.74, 6) is 0. The van der Waals surface area contributed by atoms with Crippen molar-refractivity contribution in [1.82, 2.24) is 19.6 Å². The van der Waals surface area contributed by atoms with Gasteiger partial charge in [0.05, 0.1) is 17.5 Å². The molecule has 0 N–H and O–H groups in total. The zero-order valence-electron chi connectivity index (χ0n) is 15.1. The highest BCUT2D eigenvalue weighted by Crippen LogP contribution is 2.19. The van der Waals surface area contributed by atoms with Crippen LogP contribution in [-0.4, -0.2) is 52.4 Å². The van der Waals surface area contributed by atoms with E-state index in [1.165, 1.54) is 36.2 Å². The lowest BCUT2D eigenvalue weighted by Gasteiger charge is -2.22. The Morgan fingerprint density at radius 3 is 3.08 bits per heavy atom. The smallest absolute Gasteiger partial charge is 0.0768 e. The van der Waals surface area contributed by atoms with Gasteiger partial charge in [-0.05, 0) is 54.8 Å². The van der Waals surface area contributed by atoms with Gasteiger partial charge in [0.15, 0.2) is 0 Å². The lowest BCUT2D eigenvalue weighted by atomic mass is 10.2. The van der Waals surface area contributed by atoms with E-state index in [2.05, 4.69) is 44.4 Å². The minimum absolute atomic E-state index is 0.436. The van der Waals surface area contributed by atoms with Crippen LogP contribution in [0.2, 0.25) is 0 Å². The topological polar surface area (TPSA) is 33.5 Å². The van der Waals surface area contributed by atoms with Crippen molar-refractivity contribution in [3.05, 3.63) is 39.8 Å². The van der Waals surface area contributed by atoms with Crippen LogP contribution < -0.4 is 0 Å². The quantitative estimate of drug-likeness (QED) is 0.793. The molecule has 0 radical (unpaired) electrons. The monoisotopic (exact) mass is 360 g/mol. The van der Waals surface area contributed by atoms with E-state index in [-0.39, 0.29) is 0 Å². The Morgan fingerprint density at radius 2 is 2.28 bits per heavy atom. The molecule has 1 fully saturated rings. The number of hydrogen-bond donors (Lipinski definition) is 0. The van der Waals surface area contributed by atoms with Gasteiger partial charge >= 0.3 is 0 Å². The molecule has 0 saturated carbocycles. The summed E-state index contributed by atoms with van der Waals surface area (Å²) in [6.45, 7) is 7.08. The van der Waals surface area contributed by atoms with Crippen molar-refractivity contribution in [3.63, 3.8) is 0 Å². The Hall–Kier alpha value is -1.21. The third-order valence-electron chi connectivity index (χ3n) is 5.09. The van der Waals surface area contributed by atoms with Gasteiger partial charge in [0.2, 0.25) is 0 Å². The third kappa shape index (κ3) is 4.50. The molecule has 4 heterocycles. The van der Waals surface area contributed by atoms with Gasteiger partial charge in [0.25, 0.3) is 0 Å². The number of thiophene rings is 1. The van der Waals surface area contributed by atoms with E-state index >= 15 is 0 Å². The molecule has 0 amide bonds. The summed E-state index contributed by atoms with van der Waals surface area (Å²) in [6.07, 6.45) is 4.04. The van der Waals surface area contributed by atoms with Gasteiger partial charge in [-0.3, -0.25) is 14.5 Å². The molecule has 4 rings (SSSR count). The van der Waals surface area contributed by atoms with Crippen molar-refractivity contribution in [2.75, 3.05) is 26.7 Å². The molecule has 136 valence electrons. The van der Waals surface area contributed by atoms with Crippen molar-refractivity contribution in [1.29, 1.82) is 0 Å². The third-order valence-corrected chi connectivity index (χ3v) is 5.83. The zero-order valence-corrected chi connectivity index (χ0v) is 15.9. The van der Waals surface area contributed by atoms with E-state index in [9.17, 15) is 0 Å². The van der Waals surface area contributed by atoms with E-state index < -0.39 is 0 Å². The second-order valence-electron chi connectivity index (χ2n) is 7.38. The van der Waals surface area contributed by atoms with Crippen molar-refractivity contribution in [3.8, 4) is 0 Å². The number of ether oxygens (including phenoxy) is 1. The molecule has 25 heavy (non-hydrogen) atoms. The van der Waals surface area contributed by atoms with Crippen molar-refractivity contribution in [2.45, 2.75) is 51.5 Å². The molecule has 0 bridgehead atoms. The Morgan fingerprint density at radius 1 is 1.32 bits per heavy atom. The summed E-state index contributed by atoms with van der Waals surface area (Å²) in [6, 6.07) is 4.50. The van der Waals surface area contributed by atoms with Gasteiger partial charge in [-0.15, -0.1) is 0 Å². The summed E-state index contributed by atoms with van der Waals surface area (Å²) >= 11 is 1.76. The first-order valence-corrected chi connectivity index (χ1v) is 10.3. The molecule has 5 nitrogen and oxygen atoms in total. The summed E-state index contributed by atoms with van der Waals surface area (Å²) in [4.78, 5) is 4.89. The zero-order chi connectivity index (χ0) is 17.1. The Kier molecular flexibility index (Phi) is 5.51. The molecule has 1 saturated heterocycles. The van der Waals surface area contributed by atoms with E-state index in [1.54, 1.807) is 11.3 Å². The maximum atomic E-state index is 5.82. The average Bonchev–Trinajstić information content (AvgIpc) is 3.30. The maximum Gasteiger partial charge on any atom is 0.0768 e. The van der Waals surface area contributed by atoms with Gasteiger partial charge in [-0.25, -0.2) is 0 Å². The minimum Gasteiger partial charge on any atom is -0.377 e. The molecule has 2 aromatic heterocycles. The lowest BCUT2D eigenvalue weighted by molar-refractivity contribution is 0.0711. The Balaban J connectivity index is 1.36. The summed E-state index contributed by atoms with van der Waals surface area (Å²) < 4.78 is 8.05. The van der Waals surface area contributed by atoms with E-state index in [0.717, 1.165) is 45.9 Å². The highest BCUT2D eigenvalue weighted by molar-refractivity contribution is 7.07. The second kappa shape index (κ2) is 7.99. The average molecular weight is 361 g/mol. The molecule has 0 unspecified atom stereocenters. The summed E-state index contributed by atoms with van der Waals surface area (Å²) in [5.41, 5.74) is 3.93. The van der Waals surface area contributed by atoms with Gasteiger partial charge < -0.3 is 4.74 Å². The molecule has 2 aromatic rings. The van der Waals surface area contributed by atoms with Crippen LogP contribution in [0, 0.1) is 0 Å². The minimum atomic E-state index is 0.436. The molecule has 2 aliphatic heterocycles. The summed E-state index contributed by atoms with van der Waals surface area (Å²) in [5, 5.41) is 9.23. The molecular weight excluding hydrogens is 332 g/mol. The fraction of sp³-hybridized carbons (Fsp3) is 0.632. The number of rotatable bonds is 6. The van der Waals surface area contributed by atoms with Crippen LogP contribution in [-0.2, 0) is 30.9 Å². The number of aryl methyl sites for hydroxylation is 1. The van der Waals surface area contributed by atoms with Gasteiger partial charge in [0, 0.05) is 45.9 Å². The standard InChI is InChI=1S/C19H28N4OS/c1-21(11-16-5-9-25-15-16)12-17-10-18-13-22(6-3-7-23(18)20-17)14-19-4-2-8-24-19/h5,9-10,15,19H,2-4,6-8,11-14H2,1H3/t19-/m1/s1. The van der Waals surface area contributed by atoms with Crippen LogP contribution in [0.1, 0.15) is 36.2 Å². The van der Waals surface area contributed by atoms with Crippen LogP contribution in [0.25, 0.3) is 0 Å². The molecule has 6 heteroatoms. The number of aromatic nitrogens is 2. The van der Waals surface area contributed by atoms with Crippen LogP contribution in [0.5, 0.6) is 0 Å². The molecule has 1 atom stereocenters. The van der Waals surface area contributed by atoms with Crippen LogP contribution in [0.15, 0.2) is 22.9 Å². The van der Waals surface area contributed by atoms with E-state index in [0.29, 0.717) is 6.10 Å². The van der Waals surface area contributed by atoms with Crippen LogP contribution in [0.3, 0.4) is 0 Å². The summed E-state index contributed by atoms with van der Waals surface area (Å²) in [7, 11) is 2.17. The lowest BCUT2D eigenvalue weighted by Crippen LogP contribution is -2.31. The second-order valence-corrected chi connectivity index (χ2v) is 8.16. The van der Waals surface area contributed by atoms with E-state index in [4.69, 9.17) is 9.84 Å². The van der Waals surface area contributed by atoms with Gasteiger partial charge in [-0.1, -0.05) is 0 Å². The Labute approximate surface area is 154 Å². The predicted octanol–water partition coefficient (Wildman–Crippen LogP) is 2.96. The van der Waals surface area contributed by atoms with Crippen molar-refractivity contribution < 1.29 is 4.74 Å². The van der Waals surface area contributed by atoms with Crippen molar-refractivity contribution >= 4 is 11.3 Å². The maximum absolute atomic E-state index is 5.82. The highest BCUT2D eigenvalue weighted by atomic mass is 32.1. The molecule has 0 aromatic carbocycles. The number of fused-ring (bicyclic) bond motifs is 1. The number of nitrogens with zero attached hydrogens (tertiary/aromatic N) is 4. The molecule has 0 spiro atoms. The first-order valence-electron chi connectivity index (χ1n) is 9.35. The fourth-order valence-corrected chi connectivity index (χ4v) is 4.58. The van der Waals surface area contributed by atoms with Gasteiger partial charge in [-0.2, -0.15) is 16.4 Å². The largest absolute Gasteiger partial charge is 0.377 e. The highest BCUT2D eigenvalue weighted by Gasteiger charge is 2.22. The van der Waals surface area contributed by atoms with Crippen molar-refractivity contribution in [2.24, 2.45) is 0 Å². The first kappa shape index (κ1) is 17.2. The predicted molar refractivity (Wildman–Crippen MR) is 101 cm³/mol. The molecule has 2 aliphatic rings. The van der Waals surface area contributed by atoms with Gasteiger partial charge in [0.1, 0.15) is 0 Å². The van der Waals surface area contributed by atoms with Crippen LogP contribution in [0.4, 0.5) is 0 Å². The number of hydrogen-bond acceptors (Lipinski definition) is 5. The molecular formula is C19H28N4OS. The first-order chi connectivity index (χ1) is 12.3. The SMILES string of the molecule is CN(Cc1ccsc1)Cc1cc2n(n1)CCCN(C[C@H]1CCCO1)C2. The normalized spacial score (nSPS) is 21.6.